The van der Waals surface area contributed by atoms with Gasteiger partial charge in [-0.3, -0.25) is 0 Å². The molecular weight excluding hydrogens is 281 g/mol. The molecule has 0 unspecified atom stereocenters. The van der Waals surface area contributed by atoms with Crippen molar-refractivity contribution < 1.29 is 8.42 Å². The minimum absolute atomic E-state index is 0.135. The summed E-state index contributed by atoms with van der Waals surface area (Å²) >= 11 is 11.5. The average Bonchev–Trinajstić information content (AvgIpc) is 2.21. The predicted molar refractivity (Wildman–Crippen MR) is 71.1 cm³/mol. The van der Waals surface area contributed by atoms with E-state index in [9.17, 15) is 8.42 Å². The summed E-state index contributed by atoms with van der Waals surface area (Å²) in [5.74, 6) is 0.450. The van der Waals surface area contributed by atoms with Crippen LogP contribution in [0.3, 0.4) is 0 Å². The molecular formula is C11H15Cl2NO2S. The first kappa shape index (κ1) is 14.8. The van der Waals surface area contributed by atoms with Gasteiger partial charge in [-0.2, -0.15) is 0 Å². The maximum Gasteiger partial charge on any atom is 0.240 e. The van der Waals surface area contributed by atoms with Crippen molar-refractivity contribution in [1.29, 1.82) is 0 Å². The number of nitrogens with one attached hydrogen (secondary N) is 1. The van der Waals surface area contributed by atoms with Gasteiger partial charge in [0, 0.05) is 6.54 Å². The van der Waals surface area contributed by atoms with E-state index < -0.39 is 10.0 Å². The second-order valence-corrected chi connectivity index (χ2v) is 6.74. The van der Waals surface area contributed by atoms with E-state index in [0.717, 1.165) is 6.42 Å². The van der Waals surface area contributed by atoms with Crippen LogP contribution in [0.2, 0.25) is 10.0 Å². The van der Waals surface area contributed by atoms with Crippen molar-refractivity contribution in [2.24, 2.45) is 5.92 Å². The van der Waals surface area contributed by atoms with Crippen LogP contribution >= 0.6 is 23.2 Å². The predicted octanol–water partition coefficient (Wildman–Crippen LogP) is 3.32. The highest BCUT2D eigenvalue weighted by atomic mass is 35.5. The molecule has 1 aromatic rings. The smallest absolute Gasteiger partial charge is 0.211 e. The van der Waals surface area contributed by atoms with Crippen molar-refractivity contribution in [1.82, 2.24) is 4.72 Å². The van der Waals surface area contributed by atoms with Crippen molar-refractivity contribution in [2.45, 2.75) is 25.2 Å². The molecule has 0 radical (unpaired) electrons. The largest absolute Gasteiger partial charge is 0.240 e. The molecule has 96 valence electrons. The maximum absolute atomic E-state index is 11.9. The van der Waals surface area contributed by atoms with E-state index in [1.54, 1.807) is 0 Å². The lowest BCUT2D eigenvalue weighted by Crippen LogP contribution is -2.25. The van der Waals surface area contributed by atoms with Gasteiger partial charge in [-0.15, -0.1) is 0 Å². The third-order valence-corrected chi connectivity index (χ3v) is 4.41. The summed E-state index contributed by atoms with van der Waals surface area (Å²) in [7, 11) is -3.49. The Kier molecular flexibility index (Phi) is 5.25. The molecule has 0 heterocycles. The Labute approximate surface area is 112 Å². The molecule has 0 bridgehead atoms. The van der Waals surface area contributed by atoms with Crippen LogP contribution in [0.1, 0.15) is 20.3 Å². The summed E-state index contributed by atoms with van der Waals surface area (Å²) in [4.78, 5) is 0.135. The molecule has 0 atom stereocenters. The van der Waals surface area contributed by atoms with Crippen LogP contribution in [0.15, 0.2) is 23.1 Å². The zero-order chi connectivity index (χ0) is 13.1. The summed E-state index contributed by atoms with van der Waals surface area (Å²) in [6.45, 7) is 4.49. The Balaban J connectivity index is 2.79. The van der Waals surface area contributed by atoms with Gasteiger partial charge in [0.15, 0.2) is 0 Å². The zero-order valence-electron chi connectivity index (χ0n) is 9.70. The summed E-state index contributed by atoms with van der Waals surface area (Å²) < 4.78 is 26.3. The highest BCUT2D eigenvalue weighted by Gasteiger charge is 2.14. The first-order valence-electron chi connectivity index (χ1n) is 5.27. The number of hydrogen-bond donors (Lipinski definition) is 1. The van der Waals surface area contributed by atoms with E-state index in [1.165, 1.54) is 18.2 Å². The van der Waals surface area contributed by atoms with Crippen LogP contribution in [-0.2, 0) is 10.0 Å². The maximum atomic E-state index is 11.9. The van der Waals surface area contributed by atoms with Gasteiger partial charge in [0.05, 0.1) is 14.9 Å². The van der Waals surface area contributed by atoms with Gasteiger partial charge in [0.1, 0.15) is 0 Å². The SMILES string of the molecule is CC(C)CCNS(=O)(=O)c1ccc(Cl)c(Cl)c1. The molecule has 1 N–H and O–H groups in total. The van der Waals surface area contributed by atoms with E-state index in [0.29, 0.717) is 17.5 Å². The van der Waals surface area contributed by atoms with Gasteiger partial charge in [0.2, 0.25) is 10.0 Å². The Morgan fingerprint density at radius 1 is 1.24 bits per heavy atom. The van der Waals surface area contributed by atoms with Crippen molar-refractivity contribution in [3.8, 4) is 0 Å². The molecule has 0 aromatic heterocycles. The highest BCUT2D eigenvalue weighted by Crippen LogP contribution is 2.24. The lowest BCUT2D eigenvalue weighted by molar-refractivity contribution is 0.551. The standard InChI is InChI=1S/C11H15Cl2NO2S/c1-8(2)5-6-14-17(15,16)9-3-4-10(12)11(13)7-9/h3-4,7-8,14H,5-6H2,1-2H3. The lowest BCUT2D eigenvalue weighted by atomic mass is 10.1. The first-order chi connectivity index (χ1) is 7.83. The topological polar surface area (TPSA) is 46.2 Å². The fraction of sp³-hybridized carbons (Fsp3) is 0.455. The molecule has 0 aliphatic heterocycles. The molecule has 6 heteroatoms. The molecule has 0 spiro atoms. The second-order valence-electron chi connectivity index (χ2n) is 4.16. The number of rotatable bonds is 5. The second kappa shape index (κ2) is 6.05. The summed E-state index contributed by atoms with van der Waals surface area (Å²) in [5, 5.41) is 0.575. The molecule has 0 saturated carbocycles. The van der Waals surface area contributed by atoms with Crippen LogP contribution < -0.4 is 4.72 Å². The normalized spacial score (nSPS) is 12.1. The van der Waals surface area contributed by atoms with E-state index in [4.69, 9.17) is 23.2 Å². The monoisotopic (exact) mass is 295 g/mol. The highest BCUT2D eigenvalue weighted by molar-refractivity contribution is 7.89. The van der Waals surface area contributed by atoms with Crippen LogP contribution in [0.4, 0.5) is 0 Å². The molecule has 0 fully saturated rings. The molecule has 1 aromatic carbocycles. The van der Waals surface area contributed by atoms with Crippen molar-refractivity contribution in [2.75, 3.05) is 6.54 Å². The van der Waals surface area contributed by atoms with Crippen molar-refractivity contribution in [3.63, 3.8) is 0 Å². The molecule has 0 aliphatic carbocycles. The number of sulfonamides is 1. The van der Waals surface area contributed by atoms with Gasteiger partial charge >= 0.3 is 0 Å². The lowest BCUT2D eigenvalue weighted by Gasteiger charge is -2.08. The fourth-order valence-corrected chi connectivity index (χ4v) is 2.65. The van der Waals surface area contributed by atoms with Crippen LogP contribution in [0.5, 0.6) is 0 Å². The van der Waals surface area contributed by atoms with Crippen LogP contribution in [0, 0.1) is 5.92 Å². The van der Waals surface area contributed by atoms with Gasteiger partial charge in [-0.05, 0) is 30.5 Å². The number of halogens is 2. The van der Waals surface area contributed by atoms with Gasteiger partial charge in [0.25, 0.3) is 0 Å². The minimum Gasteiger partial charge on any atom is -0.211 e. The third-order valence-electron chi connectivity index (χ3n) is 2.22. The first-order valence-corrected chi connectivity index (χ1v) is 7.51. The Bertz CT molecular complexity index is 486. The molecule has 17 heavy (non-hydrogen) atoms. The quantitative estimate of drug-likeness (QED) is 0.906. The summed E-state index contributed by atoms with van der Waals surface area (Å²) in [6.07, 6.45) is 0.792. The van der Waals surface area contributed by atoms with E-state index >= 15 is 0 Å². The average molecular weight is 296 g/mol. The molecule has 0 saturated heterocycles. The van der Waals surface area contributed by atoms with Crippen molar-refractivity contribution in [3.05, 3.63) is 28.2 Å². The third kappa shape index (κ3) is 4.47. The van der Waals surface area contributed by atoms with Crippen LogP contribution in [-0.4, -0.2) is 15.0 Å². The van der Waals surface area contributed by atoms with Crippen molar-refractivity contribution >= 4 is 33.2 Å². The van der Waals surface area contributed by atoms with Gasteiger partial charge in [-0.25, -0.2) is 13.1 Å². The molecule has 3 nitrogen and oxygen atoms in total. The van der Waals surface area contributed by atoms with E-state index in [2.05, 4.69) is 4.72 Å². The zero-order valence-corrected chi connectivity index (χ0v) is 12.0. The Hall–Kier alpha value is -0.290. The number of benzene rings is 1. The van der Waals surface area contributed by atoms with E-state index in [-0.39, 0.29) is 9.92 Å². The summed E-state index contributed by atoms with van der Waals surface area (Å²) in [5.41, 5.74) is 0. The Morgan fingerprint density at radius 2 is 1.88 bits per heavy atom. The Morgan fingerprint density at radius 3 is 2.41 bits per heavy atom. The number of hydrogen-bond acceptors (Lipinski definition) is 2. The molecule has 1 rings (SSSR count). The molecule has 0 aliphatic rings. The van der Waals surface area contributed by atoms with Gasteiger partial charge in [-0.1, -0.05) is 37.0 Å². The van der Waals surface area contributed by atoms with E-state index in [1.807, 2.05) is 13.8 Å². The fourth-order valence-electron chi connectivity index (χ4n) is 1.21. The molecule has 0 amide bonds. The van der Waals surface area contributed by atoms with Gasteiger partial charge < -0.3 is 0 Å². The summed E-state index contributed by atoms with van der Waals surface area (Å²) in [6, 6.07) is 4.26. The van der Waals surface area contributed by atoms with Crippen LogP contribution in [0.25, 0.3) is 0 Å². The minimum atomic E-state index is -3.49.